The van der Waals surface area contributed by atoms with E-state index in [0.717, 1.165) is 24.7 Å². The average molecular weight is 501 g/mol. The Kier molecular flexibility index (Phi) is 21.9. The Labute approximate surface area is 217 Å². The zero-order chi connectivity index (χ0) is 23.1. The second-order valence-corrected chi connectivity index (χ2v) is 7.95. The molecule has 3 N–H and O–H groups in total. The molecule has 2 aromatic carbocycles. The Morgan fingerprint density at radius 1 is 0.765 bits per heavy atom. The number of hydrogen-bond donors (Lipinski definition) is 0. The topological polar surface area (TPSA) is 148 Å². The van der Waals surface area contributed by atoms with Gasteiger partial charge in [-0.2, -0.15) is 19.2 Å². The van der Waals surface area contributed by atoms with Crippen LogP contribution in [0.15, 0.2) is 53.9 Å². The molecule has 11 heteroatoms. The standard InChI is InChI=1S/C11H12OS.C10H10OS.2CO2.Li.2H2O/c1-3-12-10-5-4-9-6-8(2)13-11(9)7-10;1-2-11-9-4-3-8-5-6-12-10(8)7-9;2*2-1-3;;;/h4-7H,3H2,1-2H3;3-7H,2H2,1H3;;;;2*1H2/q;;;;+1;;/p-1. The number of ether oxygens (including phenoxy) is 2. The quantitative estimate of drug-likeness (QED) is 0.388. The molecular formula is C23H25LiO8S2. The minimum Gasteiger partial charge on any atom is -0.870 e. The van der Waals surface area contributed by atoms with E-state index in [2.05, 4.69) is 48.7 Å². The Hall–Kier alpha value is -2.76. The molecule has 0 unspecified atom stereocenters. The average Bonchev–Trinajstić information content (AvgIpc) is 3.35. The van der Waals surface area contributed by atoms with E-state index in [1.54, 1.807) is 11.3 Å². The van der Waals surface area contributed by atoms with Crippen LogP contribution in [0.4, 0.5) is 0 Å². The Balaban J connectivity index is -0.000000430. The normalized spacial score (nSPS) is 8.21. The van der Waals surface area contributed by atoms with Crippen LogP contribution >= 0.6 is 22.7 Å². The van der Waals surface area contributed by atoms with Gasteiger partial charge in [-0.25, -0.2) is 0 Å². The van der Waals surface area contributed by atoms with Gasteiger partial charge >= 0.3 is 31.2 Å². The first-order valence-corrected chi connectivity index (χ1v) is 10.9. The van der Waals surface area contributed by atoms with Gasteiger partial charge in [0.05, 0.1) is 13.2 Å². The van der Waals surface area contributed by atoms with Crippen molar-refractivity contribution in [2.75, 3.05) is 13.2 Å². The SMILES string of the molecule is CCOc1ccc2cc(C)sc2c1.CCOc1ccc2ccsc2c1.O.O=C=O.O=C=O.[Li+].[OH-]. The summed E-state index contributed by atoms with van der Waals surface area (Å²) in [4.78, 5) is 33.9. The zero-order valence-corrected chi connectivity index (χ0v) is 21.0. The Bertz CT molecular complexity index is 1130. The molecule has 34 heavy (non-hydrogen) atoms. The summed E-state index contributed by atoms with van der Waals surface area (Å²) >= 11 is 3.56. The Morgan fingerprint density at radius 2 is 1.24 bits per heavy atom. The van der Waals surface area contributed by atoms with Crippen molar-refractivity contribution in [3.05, 3.63) is 58.8 Å². The molecule has 2 aromatic heterocycles. The number of thiophene rings is 2. The molecule has 0 aliphatic carbocycles. The second-order valence-electron chi connectivity index (χ2n) is 5.71. The summed E-state index contributed by atoms with van der Waals surface area (Å²) in [6.45, 7) is 7.60. The summed E-state index contributed by atoms with van der Waals surface area (Å²) in [5, 5.41) is 4.70. The largest absolute Gasteiger partial charge is 1.00 e. The van der Waals surface area contributed by atoms with Crippen LogP contribution in [0.3, 0.4) is 0 Å². The van der Waals surface area contributed by atoms with Crippen molar-refractivity contribution in [1.82, 2.24) is 0 Å². The van der Waals surface area contributed by atoms with E-state index in [1.165, 1.54) is 25.0 Å². The van der Waals surface area contributed by atoms with Crippen molar-refractivity contribution < 1.29 is 58.5 Å². The van der Waals surface area contributed by atoms with Crippen LogP contribution < -0.4 is 28.3 Å². The van der Waals surface area contributed by atoms with Gasteiger partial charge in [-0.1, -0.05) is 0 Å². The fourth-order valence-corrected chi connectivity index (χ4v) is 4.36. The molecule has 4 rings (SSSR count). The number of hydrogen-bond acceptors (Lipinski definition) is 9. The summed E-state index contributed by atoms with van der Waals surface area (Å²) < 4.78 is 13.4. The summed E-state index contributed by atoms with van der Waals surface area (Å²) in [5.74, 6) is 1.93. The van der Waals surface area contributed by atoms with E-state index < -0.39 is 0 Å². The monoisotopic (exact) mass is 500 g/mol. The molecular weight excluding hydrogens is 475 g/mol. The van der Waals surface area contributed by atoms with Gasteiger partial charge in [0.15, 0.2) is 0 Å². The van der Waals surface area contributed by atoms with Gasteiger partial charge in [0.25, 0.3) is 0 Å². The van der Waals surface area contributed by atoms with Gasteiger partial charge in [0.2, 0.25) is 0 Å². The van der Waals surface area contributed by atoms with Gasteiger partial charge in [0, 0.05) is 14.3 Å². The smallest absolute Gasteiger partial charge is 0.870 e. The molecule has 0 spiro atoms. The summed E-state index contributed by atoms with van der Waals surface area (Å²) in [6.07, 6.45) is 0.500. The minimum absolute atomic E-state index is 0. The predicted molar refractivity (Wildman–Crippen MR) is 126 cm³/mol. The maximum absolute atomic E-state index is 8.12. The fraction of sp³-hybridized carbons (Fsp3) is 0.217. The van der Waals surface area contributed by atoms with Crippen LogP contribution in [-0.2, 0) is 19.2 Å². The molecule has 0 bridgehead atoms. The fourth-order valence-electron chi connectivity index (χ4n) is 2.59. The van der Waals surface area contributed by atoms with Crippen molar-refractivity contribution in [3.63, 3.8) is 0 Å². The van der Waals surface area contributed by atoms with Gasteiger partial charge in [-0.3, -0.25) is 0 Å². The molecule has 2 heterocycles. The molecule has 0 fully saturated rings. The first-order valence-electron chi connectivity index (χ1n) is 9.24. The molecule has 0 aliphatic heterocycles. The second kappa shape index (κ2) is 20.8. The van der Waals surface area contributed by atoms with Crippen molar-refractivity contribution in [3.8, 4) is 11.5 Å². The van der Waals surface area contributed by atoms with E-state index in [-0.39, 0.29) is 42.1 Å². The zero-order valence-electron chi connectivity index (χ0n) is 19.3. The molecule has 178 valence electrons. The molecule has 4 aromatic rings. The number of aryl methyl sites for hydroxylation is 1. The minimum atomic E-state index is 0. The predicted octanol–water partition coefficient (Wildman–Crippen LogP) is 1.74. The maximum atomic E-state index is 8.12. The number of benzene rings is 2. The van der Waals surface area contributed by atoms with E-state index in [4.69, 9.17) is 28.7 Å². The Morgan fingerprint density at radius 3 is 1.74 bits per heavy atom. The summed E-state index contributed by atoms with van der Waals surface area (Å²) in [5.41, 5.74) is 0. The van der Waals surface area contributed by atoms with Crippen LogP contribution in [0.2, 0.25) is 0 Å². The third kappa shape index (κ3) is 12.5. The molecule has 0 amide bonds. The summed E-state index contributed by atoms with van der Waals surface area (Å²) in [7, 11) is 0. The van der Waals surface area contributed by atoms with E-state index in [0.29, 0.717) is 0 Å². The van der Waals surface area contributed by atoms with Crippen LogP contribution in [0.1, 0.15) is 18.7 Å². The van der Waals surface area contributed by atoms with Crippen LogP contribution in [-0.4, -0.2) is 36.5 Å². The number of rotatable bonds is 4. The van der Waals surface area contributed by atoms with Crippen molar-refractivity contribution >= 4 is 55.1 Å². The third-order valence-corrected chi connectivity index (χ3v) is 5.56. The summed E-state index contributed by atoms with van der Waals surface area (Å²) in [6, 6.07) is 16.8. The van der Waals surface area contributed by atoms with E-state index >= 15 is 0 Å². The van der Waals surface area contributed by atoms with Gasteiger partial charge < -0.3 is 20.4 Å². The van der Waals surface area contributed by atoms with E-state index in [9.17, 15) is 0 Å². The molecule has 0 aliphatic rings. The molecule has 0 saturated carbocycles. The van der Waals surface area contributed by atoms with Crippen molar-refractivity contribution in [2.45, 2.75) is 20.8 Å². The number of fused-ring (bicyclic) bond motifs is 2. The van der Waals surface area contributed by atoms with Crippen LogP contribution in [0.25, 0.3) is 20.2 Å². The molecule has 0 radical (unpaired) electrons. The van der Waals surface area contributed by atoms with Crippen molar-refractivity contribution in [1.29, 1.82) is 0 Å². The van der Waals surface area contributed by atoms with Gasteiger partial charge in [-0.15, -0.1) is 22.7 Å². The first-order chi connectivity index (χ1) is 15.0. The number of carbonyl (C=O) groups excluding carboxylic acids is 4. The first kappa shape index (κ1) is 35.8. The van der Waals surface area contributed by atoms with Crippen LogP contribution in [0, 0.1) is 6.92 Å². The van der Waals surface area contributed by atoms with Gasteiger partial charge in [-0.05, 0) is 85.5 Å². The molecule has 0 atom stereocenters. The third-order valence-electron chi connectivity index (χ3n) is 3.66. The van der Waals surface area contributed by atoms with Crippen LogP contribution in [0.5, 0.6) is 11.5 Å². The maximum Gasteiger partial charge on any atom is 1.00 e. The molecule has 0 saturated heterocycles. The van der Waals surface area contributed by atoms with E-state index in [1.807, 2.05) is 37.3 Å². The van der Waals surface area contributed by atoms with Gasteiger partial charge in [0.1, 0.15) is 11.5 Å². The van der Waals surface area contributed by atoms with Crippen molar-refractivity contribution in [2.24, 2.45) is 0 Å². The molecule has 8 nitrogen and oxygen atoms in total.